The van der Waals surface area contributed by atoms with E-state index in [2.05, 4.69) is 10.6 Å². The highest BCUT2D eigenvalue weighted by atomic mass is 19.1. The minimum Gasteiger partial charge on any atom is -0.370 e. The number of hydrogen-bond acceptors (Lipinski definition) is 5. The van der Waals surface area contributed by atoms with Gasteiger partial charge in [0.05, 0.1) is 24.3 Å². The molecule has 1 aromatic rings. The van der Waals surface area contributed by atoms with Crippen molar-refractivity contribution in [3.05, 3.63) is 30.4 Å². The van der Waals surface area contributed by atoms with Gasteiger partial charge in [0.2, 0.25) is 11.8 Å². The van der Waals surface area contributed by atoms with Gasteiger partial charge < -0.3 is 26.0 Å². The number of nitrogens with one attached hydrogen (secondary N) is 2. The van der Waals surface area contributed by atoms with Crippen molar-refractivity contribution >= 4 is 29.1 Å². The number of carbonyl (C=O) groups is 3. The van der Waals surface area contributed by atoms with Crippen LogP contribution in [-0.2, 0) is 19.1 Å². The van der Waals surface area contributed by atoms with E-state index in [0.29, 0.717) is 31.7 Å². The number of morpholine rings is 1. The van der Waals surface area contributed by atoms with Gasteiger partial charge in [0.25, 0.3) is 5.91 Å². The van der Waals surface area contributed by atoms with Crippen LogP contribution in [0.2, 0.25) is 0 Å². The van der Waals surface area contributed by atoms with Crippen molar-refractivity contribution in [2.45, 2.75) is 24.8 Å². The molecule has 4 N–H and O–H groups in total. The Balaban J connectivity index is 1.53. The molecule has 2 fully saturated rings. The Hall–Kier alpha value is -2.52. The van der Waals surface area contributed by atoms with E-state index >= 15 is 0 Å². The quantitative estimate of drug-likeness (QED) is 0.634. The van der Waals surface area contributed by atoms with Crippen LogP contribution in [0.1, 0.15) is 19.3 Å². The summed E-state index contributed by atoms with van der Waals surface area (Å²) in [5.41, 5.74) is 5.06. The van der Waals surface area contributed by atoms with Gasteiger partial charge in [-0.25, -0.2) is 4.39 Å². The number of primary amides is 1. The molecule has 0 atom stereocenters. The number of benzene rings is 1. The molecule has 3 rings (SSSR count). The molecule has 1 heterocycles. The van der Waals surface area contributed by atoms with Crippen molar-refractivity contribution in [2.75, 3.05) is 36.5 Å². The molecule has 1 aromatic carbocycles. The summed E-state index contributed by atoms with van der Waals surface area (Å²) in [6.07, 6.45) is 3.50. The second-order valence-electron chi connectivity index (χ2n) is 6.64. The summed E-state index contributed by atoms with van der Waals surface area (Å²) < 4.78 is 19.3. The number of hydrogen-bond donors (Lipinski definition) is 3. The smallest absolute Gasteiger partial charge is 0.253 e. The van der Waals surface area contributed by atoms with Crippen LogP contribution in [0.15, 0.2) is 18.2 Å². The summed E-state index contributed by atoms with van der Waals surface area (Å²) >= 11 is 0. The molecule has 2 aliphatic rings. The third-order valence-electron chi connectivity index (χ3n) is 4.91. The lowest BCUT2D eigenvalue weighted by Crippen LogP contribution is -2.60. The number of rotatable bonds is 7. The van der Waals surface area contributed by atoms with Crippen molar-refractivity contribution in [3.8, 4) is 0 Å². The van der Waals surface area contributed by atoms with E-state index < -0.39 is 23.2 Å². The summed E-state index contributed by atoms with van der Waals surface area (Å²) in [6, 6.07) is 4.17. The van der Waals surface area contributed by atoms with Crippen LogP contribution in [-0.4, -0.2) is 49.6 Å². The van der Waals surface area contributed by atoms with Gasteiger partial charge in [0.1, 0.15) is 12.4 Å². The minimum atomic E-state index is -0.742. The zero-order valence-electron chi connectivity index (χ0n) is 14.8. The zero-order valence-corrected chi connectivity index (χ0v) is 14.8. The summed E-state index contributed by atoms with van der Waals surface area (Å²) in [5.74, 6) is -1.82. The molecule has 1 saturated heterocycles. The van der Waals surface area contributed by atoms with Crippen LogP contribution in [0.25, 0.3) is 0 Å². The van der Waals surface area contributed by atoms with Crippen molar-refractivity contribution in [1.29, 1.82) is 0 Å². The lowest BCUT2D eigenvalue weighted by molar-refractivity contribution is -0.128. The van der Waals surface area contributed by atoms with E-state index in [1.165, 1.54) is 23.5 Å². The average Bonchev–Trinajstić information content (AvgIpc) is 2.59. The Morgan fingerprint density at radius 1 is 1.37 bits per heavy atom. The number of nitrogens with zero attached hydrogens (tertiary/aromatic N) is 1. The van der Waals surface area contributed by atoms with E-state index in [0.717, 1.165) is 6.42 Å². The molecule has 1 aliphatic carbocycles. The number of carbonyl (C=O) groups excluding carboxylic acids is 3. The first-order valence-electron chi connectivity index (χ1n) is 8.78. The number of amides is 3. The fourth-order valence-corrected chi connectivity index (χ4v) is 3.13. The van der Waals surface area contributed by atoms with Crippen molar-refractivity contribution in [1.82, 2.24) is 5.32 Å². The molecule has 3 amide bonds. The molecule has 1 aliphatic heterocycles. The summed E-state index contributed by atoms with van der Waals surface area (Å²) in [6.45, 7) is 0.858. The van der Waals surface area contributed by atoms with Gasteiger partial charge in [-0.05, 0) is 37.5 Å². The standard InChI is InChI=1S/C18H22FN4O4/c19-13-10-12(23-8-9-27-11-16(23)25)2-3-14(13)22-15(24)4-7-21-18(17(20)26)5-1-6-18/h2-4,10,21H,1,5-9,11H2,(H2,20,26)(H,22,24). The van der Waals surface area contributed by atoms with Gasteiger partial charge in [-0.3, -0.25) is 14.4 Å². The average molecular weight is 377 g/mol. The fourth-order valence-electron chi connectivity index (χ4n) is 3.13. The second-order valence-corrected chi connectivity index (χ2v) is 6.64. The topological polar surface area (TPSA) is 114 Å². The minimum absolute atomic E-state index is 0.00830. The van der Waals surface area contributed by atoms with Gasteiger partial charge >= 0.3 is 0 Å². The van der Waals surface area contributed by atoms with Crippen LogP contribution < -0.4 is 21.3 Å². The first kappa shape index (κ1) is 19.2. The van der Waals surface area contributed by atoms with Gasteiger partial charge in [-0.15, -0.1) is 0 Å². The van der Waals surface area contributed by atoms with Gasteiger partial charge in [0, 0.05) is 18.8 Å². The molecule has 9 heteroatoms. The SMILES string of the molecule is NC(=O)C1(NC[CH]C(=O)Nc2ccc(N3CCOCC3=O)cc2F)CCC1. The van der Waals surface area contributed by atoms with E-state index in [9.17, 15) is 18.8 Å². The van der Waals surface area contributed by atoms with Crippen LogP contribution in [0.4, 0.5) is 15.8 Å². The summed E-state index contributed by atoms with van der Waals surface area (Å²) in [4.78, 5) is 36.7. The molecular formula is C18H22FN4O4. The predicted octanol–water partition coefficient (Wildman–Crippen LogP) is 0.329. The lowest BCUT2D eigenvalue weighted by atomic mass is 9.76. The molecule has 0 bridgehead atoms. The molecule has 0 unspecified atom stereocenters. The molecule has 8 nitrogen and oxygen atoms in total. The fraction of sp³-hybridized carbons (Fsp3) is 0.444. The van der Waals surface area contributed by atoms with Crippen molar-refractivity contribution in [2.24, 2.45) is 5.73 Å². The normalized spacial score (nSPS) is 18.7. The maximum absolute atomic E-state index is 14.3. The maximum atomic E-state index is 14.3. The molecule has 1 radical (unpaired) electrons. The lowest BCUT2D eigenvalue weighted by Gasteiger charge is -2.39. The van der Waals surface area contributed by atoms with Crippen LogP contribution in [0, 0.1) is 12.2 Å². The molecular weight excluding hydrogens is 355 g/mol. The highest BCUT2D eigenvalue weighted by molar-refractivity contribution is 5.98. The zero-order chi connectivity index (χ0) is 19.4. The Kier molecular flexibility index (Phi) is 5.71. The van der Waals surface area contributed by atoms with Gasteiger partial charge in [-0.2, -0.15) is 0 Å². The van der Waals surface area contributed by atoms with Gasteiger partial charge in [0.15, 0.2) is 0 Å². The Bertz CT molecular complexity index is 751. The second kappa shape index (κ2) is 8.01. The van der Waals surface area contributed by atoms with E-state index in [1.807, 2.05) is 0 Å². The Morgan fingerprint density at radius 3 is 2.74 bits per heavy atom. The van der Waals surface area contributed by atoms with Crippen LogP contribution in [0.5, 0.6) is 0 Å². The first-order chi connectivity index (χ1) is 12.9. The summed E-state index contributed by atoms with van der Waals surface area (Å²) in [7, 11) is 0. The van der Waals surface area contributed by atoms with Gasteiger partial charge in [-0.1, -0.05) is 0 Å². The van der Waals surface area contributed by atoms with E-state index in [4.69, 9.17) is 10.5 Å². The summed E-state index contributed by atoms with van der Waals surface area (Å²) in [5, 5.41) is 5.43. The number of ether oxygens (including phenoxy) is 1. The predicted molar refractivity (Wildman–Crippen MR) is 96.3 cm³/mol. The number of anilines is 2. The highest BCUT2D eigenvalue weighted by Crippen LogP contribution is 2.31. The Labute approximate surface area is 156 Å². The monoisotopic (exact) mass is 377 g/mol. The van der Waals surface area contributed by atoms with E-state index in [-0.39, 0.29) is 24.7 Å². The number of halogens is 1. The molecule has 27 heavy (non-hydrogen) atoms. The van der Waals surface area contributed by atoms with Crippen molar-refractivity contribution in [3.63, 3.8) is 0 Å². The molecule has 0 aromatic heterocycles. The maximum Gasteiger partial charge on any atom is 0.253 e. The highest BCUT2D eigenvalue weighted by Gasteiger charge is 2.42. The van der Waals surface area contributed by atoms with Crippen molar-refractivity contribution < 1.29 is 23.5 Å². The third kappa shape index (κ3) is 4.25. The van der Waals surface area contributed by atoms with Crippen LogP contribution in [0.3, 0.4) is 0 Å². The molecule has 1 saturated carbocycles. The largest absolute Gasteiger partial charge is 0.370 e. The Morgan fingerprint density at radius 2 is 2.15 bits per heavy atom. The number of nitrogens with two attached hydrogens (primary N) is 1. The molecule has 145 valence electrons. The van der Waals surface area contributed by atoms with E-state index in [1.54, 1.807) is 6.07 Å². The van der Waals surface area contributed by atoms with Crippen LogP contribution >= 0.6 is 0 Å². The third-order valence-corrected chi connectivity index (χ3v) is 4.91. The first-order valence-corrected chi connectivity index (χ1v) is 8.78. The molecule has 0 spiro atoms.